The maximum atomic E-state index is 10.1. The minimum Gasteiger partial charge on any atom is -0.480 e. The molecule has 4 nitrogen and oxygen atoms in total. The summed E-state index contributed by atoms with van der Waals surface area (Å²) in [6.45, 7) is 2.00. The van der Waals surface area contributed by atoms with Gasteiger partial charge >= 0.3 is 0 Å². The van der Waals surface area contributed by atoms with E-state index in [2.05, 4.69) is 11.1 Å². The number of ether oxygens (including phenoxy) is 1. The normalized spacial score (nSPS) is 18.4. The van der Waals surface area contributed by atoms with Crippen molar-refractivity contribution in [2.24, 2.45) is 0 Å². The van der Waals surface area contributed by atoms with Crippen LogP contribution in [0.5, 0.6) is 5.88 Å². The summed E-state index contributed by atoms with van der Waals surface area (Å²) in [5.74, 6) is 0.386. The summed E-state index contributed by atoms with van der Waals surface area (Å²) in [6.07, 6.45) is 2.72. The molecule has 0 radical (unpaired) electrons. The molecule has 1 atom stereocenters. The first-order valence-corrected chi connectivity index (χ1v) is 5.90. The number of nitriles is 1. The molecule has 1 aliphatic carbocycles. The summed E-state index contributed by atoms with van der Waals surface area (Å²) in [7, 11) is 1.52. The zero-order chi connectivity index (χ0) is 12.4. The lowest BCUT2D eigenvalue weighted by Crippen LogP contribution is -2.16. The second-order valence-corrected chi connectivity index (χ2v) is 4.21. The van der Waals surface area contributed by atoms with Crippen LogP contribution < -0.4 is 4.74 Å². The molecular formula is C13H16N2O2. The Kier molecular flexibility index (Phi) is 3.30. The maximum absolute atomic E-state index is 10.1. The highest BCUT2D eigenvalue weighted by molar-refractivity contribution is 5.52. The smallest absolute Gasteiger partial charge is 0.231 e. The first-order chi connectivity index (χ1) is 8.22. The number of nitrogens with zero attached hydrogens (tertiary/aromatic N) is 2. The fourth-order valence-corrected chi connectivity index (χ4v) is 2.48. The van der Waals surface area contributed by atoms with Gasteiger partial charge in [0.1, 0.15) is 11.6 Å². The monoisotopic (exact) mass is 232 g/mol. The first-order valence-electron chi connectivity index (χ1n) is 5.90. The van der Waals surface area contributed by atoms with Crippen molar-refractivity contribution in [2.45, 2.75) is 38.7 Å². The number of aryl methyl sites for hydroxylation is 1. The van der Waals surface area contributed by atoms with Crippen molar-refractivity contribution < 1.29 is 9.84 Å². The second-order valence-electron chi connectivity index (χ2n) is 4.21. The first kappa shape index (κ1) is 11.9. The fraction of sp³-hybridized carbons (Fsp3) is 0.538. The highest BCUT2D eigenvalue weighted by Gasteiger charge is 2.27. The van der Waals surface area contributed by atoms with Crippen LogP contribution in [-0.4, -0.2) is 17.2 Å². The number of hydrogen-bond acceptors (Lipinski definition) is 4. The van der Waals surface area contributed by atoms with Crippen molar-refractivity contribution in [3.63, 3.8) is 0 Å². The van der Waals surface area contributed by atoms with Crippen LogP contribution in [0.4, 0.5) is 0 Å². The average Bonchev–Trinajstić information content (AvgIpc) is 2.36. The molecule has 1 aromatic rings. The number of aliphatic hydroxyl groups excluding tert-OH is 1. The third kappa shape index (κ3) is 1.87. The van der Waals surface area contributed by atoms with Crippen LogP contribution in [0, 0.1) is 11.3 Å². The van der Waals surface area contributed by atoms with Crippen molar-refractivity contribution in [2.75, 3.05) is 7.11 Å². The number of methoxy groups -OCH3 is 1. The van der Waals surface area contributed by atoms with Gasteiger partial charge in [-0.3, -0.25) is 0 Å². The molecule has 4 heteroatoms. The van der Waals surface area contributed by atoms with Crippen LogP contribution in [0.1, 0.15) is 48.3 Å². The fourth-order valence-electron chi connectivity index (χ4n) is 2.48. The highest BCUT2D eigenvalue weighted by Crippen LogP contribution is 2.36. The lowest BCUT2D eigenvalue weighted by atomic mass is 9.85. The molecule has 0 fully saturated rings. The number of hydrogen-bond donors (Lipinski definition) is 1. The van der Waals surface area contributed by atoms with E-state index in [1.165, 1.54) is 7.11 Å². The highest BCUT2D eigenvalue weighted by atomic mass is 16.5. The standard InChI is InChI=1S/C13H16N2O2/c1-3-10-12-8(5-4-6-11(12)16)9(7-14)13(15-10)17-2/h11,16H,3-6H2,1-2H3. The molecule has 1 N–H and O–H groups in total. The molecule has 1 unspecified atom stereocenters. The Morgan fingerprint density at radius 2 is 2.35 bits per heavy atom. The van der Waals surface area contributed by atoms with Gasteiger partial charge in [0, 0.05) is 5.56 Å². The molecule has 0 saturated heterocycles. The van der Waals surface area contributed by atoms with Crippen molar-refractivity contribution in [3.8, 4) is 11.9 Å². The Morgan fingerprint density at radius 1 is 1.59 bits per heavy atom. The maximum Gasteiger partial charge on any atom is 0.231 e. The van der Waals surface area contributed by atoms with Gasteiger partial charge in [0.2, 0.25) is 5.88 Å². The van der Waals surface area contributed by atoms with E-state index in [4.69, 9.17) is 4.74 Å². The van der Waals surface area contributed by atoms with Crippen LogP contribution in [0.15, 0.2) is 0 Å². The largest absolute Gasteiger partial charge is 0.480 e. The van der Waals surface area contributed by atoms with Gasteiger partial charge in [0.05, 0.1) is 18.9 Å². The Hall–Kier alpha value is -1.60. The Balaban J connectivity index is 2.71. The second kappa shape index (κ2) is 4.72. The van der Waals surface area contributed by atoms with Crippen LogP contribution in [-0.2, 0) is 12.8 Å². The molecule has 0 spiro atoms. The summed E-state index contributed by atoms with van der Waals surface area (Å²) in [5.41, 5.74) is 3.12. The number of fused-ring (bicyclic) bond motifs is 1. The molecule has 90 valence electrons. The number of pyridine rings is 1. The average molecular weight is 232 g/mol. The summed E-state index contributed by atoms with van der Waals surface area (Å²) < 4.78 is 5.16. The van der Waals surface area contributed by atoms with Gasteiger partial charge in [-0.1, -0.05) is 6.92 Å². The van der Waals surface area contributed by atoms with E-state index >= 15 is 0 Å². The van der Waals surface area contributed by atoms with Crippen molar-refractivity contribution >= 4 is 0 Å². The Bertz CT molecular complexity index is 477. The quantitative estimate of drug-likeness (QED) is 0.845. The SMILES string of the molecule is CCc1nc(OC)c(C#N)c2c1C(O)CCC2. The molecule has 2 rings (SSSR count). The molecular weight excluding hydrogens is 216 g/mol. The summed E-state index contributed by atoms with van der Waals surface area (Å²) in [5, 5.41) is 19.3. The van der Waals surface area contributed by atoms with E-state index in [1.54, 1.807) is 0 Å². The van der Waals surface area contributed by atoms with Crippen molar-refractivity contribution in [1.82, 2.24) is 4.98 Å². The summed E-state index contributed by atoms with van der Waals surface area (Å²) in [6, 6.07) is 2.15. The van der Waals surface area contributed by atoms with E-state index in [-0.39, 0.29) is 0 Å². The van der Waals surface area contributed by atoms with Gasteiger partial charge in [-0.25, -0.2) is 4.98 Å². The molecule has 0 amide bonds. The number of aliphatic hydroxyl groups is 1. The number of rotatable bonds is 2. The minimum atomic E-state index is -0.487. The molecule has 1 heterocycles. The van der Waals surface area contributed by atoms with E-state index in [0.717, 1.165) is 42.5 Å². The van der Waals surface area contributed by atoms with Crippen molar-refractivity contribution in [1.29, 1.82) is 5.26 Å². The van der Waals surface area contributed by atoms with Crippen molar-refractivity contribution in [3.05, 3.63) is 22.4 Å². The minimum absolute atomic E-state index is 0.386. The molecule has 0 aliphatic heterocycles. The zero-order valence-electron chi connectivity index (χ0n) is 10.2. The third-order valence-electron chi connectivity index (χ3n) is 3.27. The third-order valence-corrected chi connectivity index (χ3v) is 3.27. The zero-order valence-corrected chi connectivity index (χ0v) is 10.2. The Morgan fingerprint density at radius 3 is 2.94 bits per heavy atom. The molecule has 1 aromatic heterocycles. The molecule has 0 saturated carbocycles. The topological polar surface area (TPSA) is 66.1 Å². The molecule has 17 heavy (non-hydrogen) atoms. The van der Waals surface area contributed by atoms with Gasteiger partial charge in [-0.2, -0.15) is 5.26 Å². The van der Waals surface area contributed by atoms with Gasteiger partial charge in [0.15, 0.2) is 0 Å². The van der Waals surface area contributed by atoms with Crippen LogP contribution in [0.3, 0.4) is 0 Å². The predicted molar refractivity (Wildman–Crippen MR) is 62.8 cm³/mol. The van der Waals surface area contributed by atoms with E-state index < -0.39 is 6.10 Å². The van der Waals surface area contributed by atoms with Gasteiger partial charge in [-0.05, 0) is 31.2 Å². The predicted octanol–water partition coefficient (Wildman–Crippen LogP) is 1.89. The van der Waals surface area contributed by atoms with Crippen LogP contribution in [0.25, 0.3) is 0 Å². The Labute approximate surface area is 101 Å². The van der Waals surface area contributed by atoms with E-state index in [1.807, 2.05) is 6.92 Å². The van der Waals surface area contributed by atoms with E-state index in [9.17, 15) is 10.4 Å². The number of aromatic nitrogens is 1. The van der Waals surface area contributed by atoms with E-state index in [0.29, 0.717) is 11.4 Å². The lowest BCUT2D eigenvalue weighted by Gasteiger charge is -2.25. The summed E-state index contributed by atoms with van der Waals surface area (Å²) >= 11 is 0. The van der Waals surface area contributed by atoms with Gasteiger partial charge in [0.25, 0.3) is 0 Å². The van der Waals surface area contributed by atoms with Gasteiger partial charge < -0.3 is 9.84 Å². The van der Waals surface area contributed by atoms with Crippen LogP contribution >= 0.6 is 0 Å². The lowest BCUT2D eigenvalue weighted by molar-refractivity contribution is 0.154. The molecule has 1 aliphatic rings. The molecule has 0 bridgehead atoms. The van der Waals surface area contributed by atoms with Gasteiger partial charge in [-0.15, -0.1) is 0 Å². The molecule has 0 aromatic carbocycles. The summed E-state index contributed by atoms with van der Waals surface area (Å²) in [4.78, 5) is 4.34. The van der Waals surface area contributed by atoms with Crippen LogP contribution in [0.2, 0.25) is 0 Å².